The molecule has 1 nitrogen and oxygen atoms in total. The summed E-state index contributed by atoms with van der Waals surface area (Å²) in [5.74, 6) is 0. The van der Waals surface area contributed by atoms with Crippen LogP contribution in [-0.4, -0.2) is 60.5 Å². The Bertz CT molecular complexity index is 229. The van der Waals surface area contributed by atoms with E-state index < -0.39 is 0 Å². The Morgan fingerprint density at radius 2 is 2.09 bits per heavy atom. The fraction of sp³-hybridized carbons (Fsp3) is 0.286. The van der Waals surface area contributed by atoms with E-state index >= 15 is 0 Å². The van der Waals surface area contributed by atoms with Crippen molar-refractivity contribution in [1.82, 2.24) is 4.98 Å². The number of aromatic nitrogens is 1. The van der Waals surface area contributed by atoms with Crippen LogP contribution in [0.5, 0.6) is 0 Å². The predicted molar refractivity (Wildman–Crippen MR) is 52.2 cm³/mol. The Hall–Kier alpha value is 0.708. The Balaban J connectivity index is 2.64. The van der Waals surface area contributed by atoms with Gasteiger partial charge in [-0.3, -0.25) is 0 Å². The van der Waals surface area contributed by atoms with Gasteiger partial charge in [-0.15, -0.1) is 0 Å². The summed E-state index contributed by atoms with van der Waals surface area (Å²) in [6, 6.07) is 0. The van der Waals surface area contributed by atoms with Crippen LogP contribution in [-0.2, 0) is 12.8 Å². The van der Waals surface area contributed by atoms with Crippen LogP contribution < -0.4 is 0 Å². The first-order chi connectivity index (χ1) is 5.36. The van der Waals surface area contributed by atoms with Crippen LogP contribution >= 0.6 is 0 Å². The minimum absolute atomic E-state index is 0.515. The summed E-state index contributed by atoms with van der Waals surface area (Å²) in [5, 5.41) is 0. The molecule has 0 radical (unpaired) electrons. The first-order valence-corrected chi connectivity index (χ1v) is 6.86. The minimum atomic E-state index is 0.515. The number of hydrogen-bond acceptors (Lipinski definition) is 1. The second-order valence-corrected chi connectivity index (χ2v) is 5.88. The van der Waals surface area contributed by atoms with Crippen molar-refractivity contribution in [3.8, 4) is 0 Å². The molecule has 58 valence electrons. The molecule has 0 amide bonds. The van der Waals surface area contributed by atoms with Crippen LogP contribution in [0.4, 0.5) is 0 Å². The van der Waals surface area contributed by atoms with E-state index in [0.29, 0.717) is 14.5 Å². The molecule has 0 unspecified atom stereocenters. The molecule has 0 fully saturated rings. The summed E-state index contributed by atoms with van der Waals surface area (Å²) in [6.07, 6.45) is 4.07. The zero-order valence-corrected chi connectivity index (χ0v) is 11.0. The molecule has 0 bridgehead atoms. The normalized spacial score (nSPS) is 9.45. The van der Waals surface area contributed by atoms with Gasteiger partial charge in [0, 0.05) is 0 Å². The average molecular weight is 342 g/mol. The van der Waals surface area contributed by atoms with E-state index in [9.17, 15) is 0 Å². The molecule has 11 heavy (non-hydrogen) atoms. The van der Waals surface area contributed by atoms with Crippen LogP contribution in [0.3, 0.4) is 0 Å². The number of nitrogens with zero attached hydrogens (tertiary/aromatic N) is 1. The Kier molecular flexibility index (Phi) is 4.78. The molecule has 1 rings (SSSR count). The van der Waals surface area contributed by atoms with Gasteiger partial charge in [-0.25, -0.2) is 0 Å². The summed E-state index contributed by atoms with van der Waals surface area (Å²) < 4.78 is 2.79. The standard InChI is InChI=1S/C7H7NSe3/c9-3-1-6-5-8-7(11-6)2-4-10/h3-5H,1-2H2. The van der Waals surface area contributed by atoms with Crippen molar-refractivity contribution in [3.05, 3.63) is 15.2 Å². The predicted octanol–water partition coefficient (Wildman–Crippen LogP) is -0.835. The second-order valence-electron chi connectivity index (χ2n) is 1.96. The SMILES string of the molecule is [Se]=CCc1cnc(CC=[Se])[se]1. The maximum absolute atomic E-state index is 4.32. The Morgan fingerprint density at radius 3 is 2.73 bits per heavy atom. The van der Waals surface area contributed by atoms with Crippen molar-refractivity contribution in [2.45, 2.75) is 12.8 Å². The molecule has 0 atom stereocenters. The van der Waals surface area contributed by atoms with Crippen molar-refractivity contribution in [2.24, 2.45) is 0 Å². The third kappa shape index (κ3) is 3.29. The molecule has 0 aliphatic carbocycles. The first-order valence-electron chi connectivity index (χ1n) is 3.17. The van der Waals surface area contributed by atoms with Gasteiger partial charge < -0.3 is 0 Å². The zero-order valence-electron chi connectivity index (χ0n) is 5.82. The molecule has 0 N–H and O–H groups in total. The van der Waals surface area contributed by atoms with Gasteiger partial charge >= 0.3 is 88.5 Å². The first kappa shape index (κ1) is 9.79. The summed E-state index contributed by atoms with van der Waals surface area (Å²) in [5.41, 5.74) is 0. The van der Waals surface area contributed by atoms with Gasteiger partial charge in [-0.1, -0.05) is 0 Å². The fourth-order valence-electron chi connectivity index (χ4n) is 0.690. The summed E-state index contributed by atoms with van der Waals surface area (Å²) >= 11 is 6.29. The van der Waals surface area contributed by atoms with Crippen LogP contribution in [0.25, 0.3) is 0 Å². The van der Waals surface area contributed by atoms with E-state index in [-0.39, 0.29) is 0 Å². The van der Waals surface area contributed by atoms with Crippen LogP contribution in [0, 0.1) is 0 Å². The molecule has 0 spiro atoms. The van der Waals surface area contributed by atoms with Crippen molar-refractivity contribution < 1.29 is 0 Å². The third-order valence-electron chi connectivity index (χ3n) is 1.14. The fourth-order valence-corrected chi connectivity index (χ4v) is 4.24. The molecule has 0 saturated heterocycles. The van der Waals surface area contributed by atoms with E-state index in [1.54, 1.807) is 0 Å². The maximum atomic E-state index is 4.32. The molecule has 0 aliphatic heterocycles. The quantitative estimate of drug-likeness (QED) is 0.651. The molecular formula is C7H7NSe3. The van der Waals surface area contributed by atoms with E-state index in [1.165, 1.54) is 9.01 Å². The molecule has 1 heterocycles. The molecule has 4 heteroatoms. The van der Waals surface area contributed by atoms with Gasteiger partial charge in [0.1, 0.15) is 0 Å². The number of hydrogen-bond donors (Lipinski definition) is 0. The van der Waals surface area contributed by atoms with Crippen molar-refractivity contribution in [2.75, 3.05) is 0 Å². The van der Waals surface area contributed by atoms with Gasteiger partial charge in [-0.05, 0) is 0 Å². The molecule has 0 aliphatic rings. The van der Waals surface area contributed by atoms with Crippen molar-refractivity contribution in [3.63, 3.8) is 0 Å². The summed E-state index contributed by atoms with van der Waals surface area (Å²) in [7, 11) is 0. The Labute approximate surface area is 88.1 Å². The van der Waals surface area contributed by atoms with Crippen molar-refractivity contribution in [1.29, 1.82) is 0 Å². The van der Waals surface area contributed by atoms with Gasteiger partial charge in [0.05, 0.1) is 0 Å². The van der Waals surface area contributed by atoms with E-state index in [4.69, 9.17) is 0 Å². The third-order valence-corrected chi connectivity index (χ3v) is 4.03. The molecular weight excluding hydrogens is 335 g/mol. The van der Waals surface area contributed by atoms with Crippen LogP contribution in [0.1, 0.15) is 9.01 Å². The molecule has 0 saturated carbocycles. The monoisotopic (exact) mass is 345 g/mol. The van der Waals surface area contributed by atoms with Gasteiger partial charge in [0.15, 0.2) is 0 Å². The summed E-state index contributed by atoms with van der Waals surface area (Å²) in [4.78, 5) is 8.43. The second kappa shape index (κ2) is 5.37. The van der Waals surface area contributed by atoms with Gasteiger partial charge in [0.2, 0.25) is 0 Å². The Morgan fingerprint density at radius 1 is 1.36 bits per heavy atom. The number of rotatable bonds is 4. The summed E-state index contributed by atoms with van der Waals surface area (Å²) in [6.45, 7) is 0. The molecule has 0 aromatic carbocycles. The molecule has 1 aromatic rings. The van der Waals surface area contributed by atoms with E-state index in [2.05, 4.69) is 41.1 Å². The molecule has 1 aromatic heterocycles. The zero-order chi connectivity index (χ0) is 8.10. The van der Waals surface area contributed by atoms with E-state index in [1.807, 2.05) is 11.1 Å². The average Bonchev–Trinajstić information content (AvgIpc) is 2.38. The topological polar surface area (TPSA) is 12.9 Å². The van der Waals surface area contributed by atoms with Crippen LogP contribution in [0.15, 0.2) is 6.20 Å². The van der Waals surface area contributed by atoms with Crippen molar-refractivity contribution >= 4 is 55.5 Å². The van der Waals surface area contributed by atoms with E-state index in [0.717, 1.165) is 12.8 Å². The van der Waals surface area contributed by atoms with Gasteiger partial charge in [0.25, 0.3) is 0 Å². The van der Waals surface area contributed by atoms with Crippen LogP contribution in [0.2, 0.25) is 0 Å². The van der Waals surface area contributed by atoms with Gasteiger partial charge in [-0.2, -0.15) is 0 Å².